The van der Waals surface area contributed by atoms with Crippen LogP contribution in [0.3, 0.4) is 0 Å². The summed E-state index contributed by atoms with van der Waals surface area (Å²) in [5, 5.41) is 0. The first-order valence-corrected chi connectivity index (χ1v) is 6.27. The van der Waals surface area contributed by atoms with Gasteiger partial charge in [-0.25, -0.2) is 0 Å². The molecule has 1 aliphatic heterocycles. The van der Waals surface area contributed by atoms with Gasteiger partial charge in [-0.2, -0.15) is 0 Å². The Morgan fingerprint density at radius 2 is 1.72 bits per heavy atom. The molecule has 6 nitrogen and oxygen atoms in total. The fourth-order valence-electron chi connectivity index (χ4n) is 1.91. The lowest BCUT2D eigenvalue weighted by Crippen LogP contribution is -2.41. The first-order valence-electron chi connectivity index (χ1n) is 6.27. The summed E-state index contributed by atoms with van der Waals surface area (Å²) in [6, 6.07) is 0. The smallest absolute Gasteiger partial charge is 0.224 e. The third-order valence-corrected chi connectivity index (χ3v) is 2.74. The molecule has 1 fully saturated rings. The number of hydrogen-bond acceptors (Lipinski definition) is 3. The third kappa shape index (κ3) is 4.52. The van der Waals surface area contributed by atoms with Gasteiger partial charge in [0, 0.05) is 47.7 Å². The van der Waals surface area contributed by atoms with E-state index in [1.165, 1.54) is 0 Å². The van der Waals surface area contributed by atoms with Gasteiger partial charge in [0.05, 0.1) is 19.8 Å². The standard InChI is InChI=1S/C12H24N4O2/c1-14(2)12(15(3)4)13-6-5-11(17)16-7-9-18-10-8-16/h5-10H2,1-4H3. The van der Waals surface area contributed by atoms with Crippen molar-refractivity contribution in [2.45, 2.75) is 6.42 Å². The number of morpholine rings is 1. The van der Waals surface area contributed by atoms with Gasteiger partial charge in [-0.3, -0.25) is 9.79 Å². The zero-order valence-electron chi connectivity index (χ0n) is 11.8. The number of carbonyl (C=O) groups excluding carboxylic acids is 1. The molecule has 0 spiro atoms. The SMILES string of the molecule is CN(C)C(=NCCC(=O)N1CCOCC1)N(C)C. The van der Waals surface area contributed by atoms with Crippen LogP contribution in [0.5, 0.6) is 0 Å². The molecular weight excluding hydrogens is 232 g/mol. The average molecular weight is 256 g/mol. The van der Waals surface area contributed by atoms with Crippen LogP contribution in [0.1, 0.15) is 6.42 Å². The first kappa shape index (κ1) is 14.8. The van der Waals surface area contributed by atoms with Crippen LogP contribution in [-0.4, -0.2) is 87.6 Å². The third-order valence-electron chi connectivity index (χ3n) is 2.74. The Hall–Kier alpha value is -1.30. The van der Waals surface area contributed by atoms with Gasteiger partial charge in [-0.05, 0) is 0 Å². The van der Waals surface area contributed by atoms with Crippen LogP contribution in [0.15, 0.2) is 4.99 Å². The van der Waals surface area contributed by atoms with Crippen molar-refractivity contribution < 1.29 is 9.53 Å². The molecule has 0 aromatic carbocycles. The number of amides is 1. The van der Waals surface area contributed by atoms with Crippen molar-refractivity contribution in [3.8, 4) is 0 Å². The maximum atomic E-state index is 11.9. The van der Waals surface area contributed by atoms with E-state index in [2.05, 4.69) is 4.99 Å². The normalized spacial score (nSPS) is 15.2. The second-order valence-electron chi connectivity index (χ2n) is 4.71. The van der Waals surface area contributed by atoms with Crippen LogP contribution < -0.4 is 0 Å². The topological polar surface area (TPSA) is 48.4 Å². The lowest BCUT2D eigenvalue weighted by Gasteiger charge is -2.27. The Labute approximate surface area is 109 Å². The van der Waals surface area contributed by atoms with Gasteiger partial charge in [0.2, 0.25) is 5.91 Å². The summed E-state index contributed by atoms with van der Waals surface area (Å²) in [6.45, 7) is 3.24. The minimum Gasteiger partial charge on any atom is -0.378 e. The molecular formula is C12H24N4O2. The highest BCUT2D eigenvalue weighted by atomic mass is 16.5. The fraction of sp³-hybridized carbons (Fsp3) is 0.833. The van der Waals surface area contributed by atoms with E-state index in [0.717, 1.165) is 5.96 Å². The molecule has 1 amide bonds. The Balaban J connectivity index is 2.39. The van der Waals surface area contributed by atoms with Crippen LogP contribution in [-0.2, 0) is 9.53 Å². The molecule has 0 aliphatic carbocycles. The molecule has 1 aliphatic rings. The van der Waals surface area contributed by atoms with Gasteiger partial charge >= 0.3 is 0 Å². The van der Waals surface area contributed by atoms with E-state index >= 15 is 0 Å². The van der Waals surface area contributed by atoms with Crippen molar-refractivity contribution in [1.29, 1.82) is 0 Å². The highest BCUT2D eigenvalue weighted by Crippen LogP contribution is 2.01. The largest absolute Gasteiger partial charge is 0.378 e. The van der Waals surface area contributed by atoms with Gasteiger partial charge in [0.1, 0.15) is 0 Å². The van der Waals surface area contributed by atoms with E-state index in [1.807, 2.05) is 42.9 Å². The zero-order chi connectivity index (χ0) is 13.5. The highest BCUT2D eigenvalue weighted by molar-refractivity contribution is 5.80. The lowest BCUT2D eigenvalue weighted by molar-refractivity contribution is -0.135. The van der Waals surface area contributed by atoms with Crippen molar-refractivity contribution in [3.63, 3.8) is 0 Å². The van der Waals surface area contributed by atoms with E-state index in [9.17, 15) is 4.79 Å². The summed E-state index contributed by atoms with van der Waals surface area (Å²) in [5.41, 5.74) is 0. The van der Waals surface area contributed by atoms with E-state index in [1.54, 1.807) is 0 Å². The van der Waals surface area contributed by atoms with Gasteiger partial charge in [-0.1, -0.05) is 0 Å². The minimum atomic E-state index is 0.166. The number of aliphatic imine (C=N–C) groups is 1. The molecule has 18 heavy (non-hydrogen) atoms. The fourth-order valence-corrected chi connectivity index (χ4v) is 1.91. The second-order valence-corrected chi connectivity index (χ2v) is 4.71. The molecule has 1 rings (SSSR count). The lowest BCUT2D eigenvalue weighted by atomic mass is 10.3. The van der Waals surface area contributed by atoms with Gasteiger partial charge < -0.3 is 19.4 Å². The molecule has 0 atom stereocenters. The van der Waals surface area contributed by atoms with Crippen LogP contribution in [0.25, 0.3) is 0 Å². The molecule has 0 radical (unpaired) electrons. The quantitative estimate of drug-likeness (QED) is 0.514. The number of rotatable bonds is 3. The Kier molecular flexibility index (Phi) is 5.91. The van der Waals surface area contributed by atoms with Crippen molar-refractivity contribution in [1.82, 2.24) is 14.7 Å². The summed E-state index contributed by atoms with van der Waals surface area (Å²) in [6.07, 6.45) is 0.463. The van der Waals surface area contributed by atoms with Crippen LogP contribution in [0.2, 0.25) is 0 Å². The van der Waals surface area contributed by atoms with Gasteiger partial charge in [0.25, 0.3) is 0 Å². The maximum Gasteiger partial charge on any atom is 0.224 e. The molecule has 6 heteroatoms. The summed E-state index contributed by atoms with van der Waals surface area (Å²) in [5.74, 6) is 1.05. The predicted octanol–water partition coefficient (Wildman–Crippen LogP) is -0.285. The van der Waals surface area contributed by atoms with Crippen LogP contribution in [0.4, 0.5) is 0 Å². The number of guanidine groups is 1. The summed E-state index contributed by atoms with van der Waals surface area (Å²) >= 11 is 0. The highest BCUT2D eigenvalue weighted by Gasteiger charge is 2.16. The second kappa shape index (κ2) is 7.20. The molecule has 1 heterocycles. The molecule has 104 valence electrons. The summed E-state index contributed by atoms with van der Waals surface area (Å²) < 4.78 is 5.22. The molecule has 0 saturated carbocycles. The van der Waals surface area contributed by atoms with Crippen LogP contribution >= 0.6 is 0 Å². The van der Waals surface area contributed by atoms with Crippen molar-refractivity contribution in [2.75, 3.05) is 61.0 Å². The number of nitrogens with zero attached hydrogens (tertiary/aromatic N) is 4. The van der Waals surface area contributed by atoms with Gasteiger partial charge in [-0.15, -0.1) is 0 Å². The molecule has 0 N–H and O–H groups in total. The number of carbonyl (C=O) groups is 1. The first-order chi connectivity index (χ1) is 8.52. The Morgan fingerprint density at radius 1 is 1.17 bits per heavy atom. The molecule has 0 bridgehead atoms. The molecule has 0 aromatic rings. The van der Waals surface area contributed by atoms with E-state index in [-0.39, 0.29) is 5.91 Å². The summed E-state index contributed by atoms with van der Waals surface area (Å²) in [4.78, 5) is 22.1. The Morgan fingerprint density at radius 3 is 2.22 bits per heavy atom. The Bertz CT molecular complexity index is 286. The van der Waals surface area contributed by atoms with E-state index in [0.29, 0.717) is 39.3 Å². The van der Waals surface area contributed by atoms with Crippen molar-refractivity contribution >= 4 is 11.9 Å². The van der Waals surface area contributed by atoms with E-state index in [4.69, 9.17) is 4.74 Å². The molecule has 1 saturated heterocycles. The molecule has 0 aromatic heterocycles. The van der Waals surface area contributed by atoms with Crippen molar-refractivity contribution in [2.24, 2.45) is 4.99 Å². The van der Waals surface area contributed by atoms with Gasteiger partial charge in [0.15, 0.2) is 5.96 Å². The number of hydrogen-bond donors (Lipinski definition) is 0. The monoisotopic (exact) mass is 256 g/mol. The average Bonchev–Trinajstić information content (AvgIpc) is 2.34. The maximum absolute atomic E-state index is 11.9. The number of ether oxygens (including phenoxy) is 1. The summed E-state index contributed by atoms with van der Waals surface area (Å²) in [7, 11) is 7.79. The predicted molar refractivity (Wildman–Crippen MR) is 71.7 cm³/mol. The van der Waals surface area contributed by atoms with Crippen LogP contribution in [0, 0.1) is 0 Å². The zero-order valence-corrected chi connectivity index (χ0v) is 11.8. The van der Waals surface area contributed by atoms with E-state index < -0.39 is 0 Å². The molecule has 0 unspecified atom stereocenters. The minimum absolute atomic E-state index is 0.166. The van der Waals surface area contributed by atoms with Crippen molar-refractivity contribution in [3.05, 3.63) is 0 Å².